The molecular formula is C29H27N3O5. The van der Waals surface area contributed by atoms with Crippen molar-refractivity contribution in [1.82, 2.24) is 10.3 Å². The Morgan fingerprint density at radius 3 is 1.97 bits per heavy atom. The predicted octanol–water partition coefficient (Wildman–Crippen LogP) is 5.17. The standard InChI is InChI=1S/C29H27N3O5/c1-36-24-17-21(13-14-22(24)23-15-16-30-18-25(23)37-2)31-28(33)27(32-29(34)35)26(19-9-5-3-6-10-19)20-11-7-4-8-12-20/h3-18,26-27,32H,1-2H3,(H,31,33)(H,34,35). The van der Waals surface area contributed by atoms with E-state index < -0.39 is 24.0 Å². The number of amides is 2. The quantitative estimate of drug-likeness (QED) is 0.294. The highest BCUT2D eigenvalue weighted by Crippen LogP contribution is 2.37. The van der Waals surface area contributed by atoms with Gasteiger partial charge in [-0.1, -0.05) is 60.7 Å². The van der Waals surface area contributed by atoms with Gasteiger partial charge in [0, 0.05) is 35.0 Å². The number of hydrogen-bond donors (Lipinski definition) is 3. The Bertz CT molecular complexity index is 1320. The van der Waals surface area contributed by atoms with Crippen molar-refractivity contribution >= 4 is 17.7 Å². The first-order valence-corrected chi connectivity index (χ1v) is 11.6. The summed E-state index contributed by atoms with van der Waals surface area (Å²) < 4.78 is 11.0. The molecule has 0 spiro atoms. The Morgan fingerprint density at radius 2 is 1.41 bits per heavy atom. The van der Waals surface area contributed by atoms with Crippen molar-refractivity contribution in [3.05, 3.63) is 108 Å². The fourth-order valence-corrected chi connectivity index (χ4v) is 4.31. The summed E-state index contributed by atoms with van der Waals surface area (Å²) in [6.07, 6.45) is 1.97. The van der Waals surface area contributed by atoms with Gasteiger partial charge in [-0.2, -0.15) is 0 Å². The molecule has 0 bridgehead atoms. The number of pyridine rings is 1. The highest BCUT2D eigenvalue weighted by molar-refractivity contribution is 5.98. The summed E-state index contributed by atoms with van der Waals surface area (Å²) in [6.45, 7) is 0. The Morgan fingerprint density at radius 1 is 0.811 bits per heavy atom. The number of carbonyl (C=O) groups is 2. The topological polar surface area (TPSA) is 110 Å². The van der Waals surface area contributed by atoms with Crippen LogP contribution in [0.1, 0.15) is 17.0 Å². The lowest BCUT2D eigenvalue weighted by Crippen LogP contribution is -2.47. The molecule has 0 aliphatic heterocycles. The summed E-state index contributed by atoms with van der Waals surface area (Å²) in [4.78, 5) is 29.4. The molecule has 0 aliphatic carbocycles. The van der Waals surface area contributed by atoms with Crippen molar-refractivity contribution in [3.63, 3.8) is 0 Å². The lowest BCUT2D eigenvalue weighted by Gasteiger charge is -2.27. The molecule has 8 heteroatoms. The van der Waals surface area contributed by atoms with E-state index >= 15 is 0 Å². The normalized spacial score (nSPS) is 11.4. The van der Waals surface area contributed by atoms with Gasteiger partial charge in [0.15, 0.2) is 0 Å². The molecular weight excluding hydrogens is 470 g/mol. The maximum absolute atomic E-state index is 13.6. The molecule has 0 radical (unpaired) electrons. The second-order valence-corrected chi connectivity index (χ2v) is 8.21. The molecule has 0 aliphatic rings. The third kappa shape index (κ3) is 5.87. The number of benzene rings is 3. The van der Waals surface area contributed by atoms with E-state index in [0.717, 1.165) is 22.3 Å². The minimum Gasteiger partial charge on any atom is -0.496 e. The number of rotatable bonds is 9. The number of carboxylic acid groups (broad SMARTS) is 1. The van der Waals surface area contributed by atoms with E-state index in [1.165, 1.54) is 7.11 Å². The van der Waals surface area contributed by atoms with E-state index in [0.29, 0.717) is 17.2 Å². The number of aromatic nitrogens is 1. The molecule has 0 fully saturated rings. The summed E-state index contributed by atoms with van der Waals surface area (Å²) in [5.41, 5.74) is 3.61. The van der Waals surface area contributed by atoms with E-state index in [1.54, 1.807) is 37.7 Å². The average Bonchev–Trinajstić information content (AvgIpc) is 2.93. The van der Waals surface area contributed by atoms with Crippen LogP contribution in [0.15, 0.2) is 97.3 Å². The number of nitrogens with zero attached hydrogens (tertiary/aromatic N) is 1. The van der Waals surface area contributed by atoms with E-state index in [9.17, 15) is 14.7 Å². The number of nitrogens with one attached hydrogen (secondary N) is 2. The Hall–Kier alpha value is -4.85. The van der Waals surface area contributed by atoms with Crippen molar-refractivity contribution in [3.8, 4) is 22.6 Å². The van der Waals surface area contributed by atoms with Crippen molar-refractivity contribution in [2.75, 3.05) is 19.5 Å². The van der Waals surface area contributed by atoms with Crippen LogP contribution in [0.4, 0.5) is 10.5 Å². The van der Waals surface area contributed by atoms with Crippen LogP contribution >= 0.6 is 0 Å². The van der Waals surface area contributed by atoms with Gasteiger partial charge in [-0.25, -0.2) is 4.79 Å². The summed E-state index contributed by atoms with van der Waals surface area (Å²) in [7, 11) is 3.10. The first-order valence-electron chi connectivity index (χ1n) is 11.6. The molecule has 1 heterocycles. The van der Waals surface area contributed by atoms with Crippen molar-refractivity contribution in [2.24, 2.45) is 0 Å². The lowest BCUT2D eigenvalue weighted by atomic mass is 9.84. The molecule has 4 aromatic rings. The zero-order chi connectivity index (χ0) is 26.2. The van der Waals surface area contributed by atoms with Crippen molar-refractivity contribution < 1.29 is 24.2 Å². The molecule has 1 unspecified atom stereocenters. The maximum Gasteiger partial charge on any atom is 0.405 e. The van der Waals surface area contributed by atoms with Crippen LogP contribution in [0, 0.1) is 0 Å². The number of anilines is 1. The second-order valence-electron chi connectivity index (χ2n) is 8.21. The van der Waals surface area contributed by atoms with Gasteiger partial charge in [-0.3, -0.25) is 9.78 Å². The summed E-state index contributed by atoms with van der Waals surface area (Å²) in [5.74, 6) is 0.0294. The average molecular weight is 498 g/mol. The van der Waals surface area contributed by atoms with E-state index in [-0.39, 0.29) is 0 Å². The first-order chi connectivity index (χ1) is 18.0. The summed E-state index contributed by atoms with van der Waals surface area (Å²) >= 11 is 0. The Kier molecular flexibility index (Phi) is 8.00. The Balaban J connectivity index is 1.69. The molecule has 37 heavy (non-hydrogen) atoms. The van der Waals surface area contributed by atoms with Gasteiger partial charge < -0.3 is 25.2 Å². The van der Waals surface area contributed by atoms with Gasteiger partial charge in [-0.15, -0.1) is 0 Å². The highest BCUT2D eigenvalue weighted by atomic mass is 16.5. The smallest absolute Gasteiger partial charge is 0.405 e. The summed E-state index contributed by atoms with van der Waals surface area (Å²) in [6, 6.07) is 24.6. The van der Waals surface area contributed by atoms with Gasteiger partial charge in [0.05, 0.1) is 20.4 Å². The fourth-order valence-electron chi connectivity index (χ4n) is 4.31. The zero-order valence-electron chi connectivity index (χ0n) is 20.4. The van der Waals surface area contributed by atoms with Crippen LogP contribution in [-0.4, -0.2) is 42.4 Å². The van der Waals surface area contributed by atoms with Crippen LogP contribution in [-0.2, 0) is 4.79 Å². The van der Waals surface area contributed by atoms with Crippen molar-refractivity contribution in [2.45, 2.75) is 12.0 Å². The van der Waals surface area contributed by atoms with Gasteiger partial charge in [-0.05, 0) is 29.3 Å². The monoisotopic (exact) mass is 497 g/mol. The largest absolute Gasteiger partial charge is 0.496 e. The fraction of sp³-hybridized carbons (Fsp3) is 0.138. The van der Waals surface area contributed by atoms with Gasteiger partial charge >= 0.3 is 6.09 Å². The minimum atomic E-state index is -1.30. The zero-order valence-corrected chi connectivity index (χ0v) is 20.4. The van der Waals surface area contributed by atoms with E-state index in [1.807, 2.05) is 66.7 Å². The molecule has 0 saturated heterocycles. The number of carbonyl (C=O) groups excluding carboxylic acids is 1. The van der Waals surface area contributed by atoms with Crippen molar-refractivity contribution in [1.29, 1.82) is 0 Å². The van der Waals surface area contributed by atoms with E-state index in [4.69, 9.17) is 9.47 Å². The van der Waals surface area contributed by atoms with Gasteiger partial charge in [0.2, 0.25) is 5.91 Å². The molecule has 188 valence electrons. The van der Waals surface area contributed by atoms with Gasteiger partial charge in [0.1, 0.15) is 17.5 Å². The lowest BCUT2D eigenvalue weighted by molar-refractivity contribution is -0.118. The number of methoxy groups -OCH3 is 2. The SMILES string of the molecule is COc1cnccc1-c1ccc(NC(=O)C(NC(=O)O)C(c2ccccc2)c2ccccc2)cc1OC. The molecule has 8 nitrogen and oxygen atoms in total. The molecule has 4 rings (SSSR count). The molecule has 2 amide bonds. The van der Waals surface area contributed by atoms with Gasteiger partial charge in [0.25, 0.3) is 0 Å². The molecule has 3 aromatic carbocycles. The van der Waals surface area contributed by atoms with Crippen LogP contribution < -0.4 is 20.1 Å². The van der Waals surface area contributed by atoms with E-state index in [2.05, 4.69) is 15.6 Å². The van der Waals surface area contributed by atoms with Crippen LogP contribution in [0.25, 0.3) is 11.1 Å². The third-order valence-corrected chi connectivity index (χ3v) is 5.98. The molecule has 1 atom stereocenters. The third-order valence-electron chi connectivity index (χ3n) is 5.98. The number of hydrogen-bond acceptors (Lipinski definition) is 5. The molecule has 0 saturated carbocycles. The van der Waals surface area contributed by atoms with Crippen LogP contribution in [0.2, 0.25) is 0 Å². The Labute approximate surface area is 214 Å². The maximum atomic E-state index is 13.6. The number of ether oxygens (including phenoxy) is 2. The molecule has 1 aromatic heterocycles. The van der Waals surface area contributed by atoms with Crippen LogP contribution in [0.3, 0.4) is 0 Å². The minimum absolute atomic E-state index is 0.454. The molecule has 3 N–H and O–H groups in total. The predicted molar refractivity (Wildman–Crippen MR) is 141 cm³/mol. The second kappa shape index (κ2) is 11.7. The highest BCUT2D eigenvalue weighted by Gasteiger charge is 2.32. The summed E-state index contributed by atoms with van der Waals surface area (Å²) in [5, 5.41) is 14.9. The van der Waals surface area contributed by atoms with Crippen LogP contribution in [0.5, 0.6) is 11.5 Å². The first kappa shape index (κ1) is 25.2.